The van der Waals surface area contributed by atoms with Crippen molar-refractivity contribution >= 4 is 23.3 Å². The predicted molar refractivity (Wildman–Crippen MR) is 96.6 cm³/mol. The lowest BCUT2D eigenvalue weighted by Crippen LogP contribution is -2.45. The molecule has 24 heavy (non-hydrogen) atoms. The number of halogens is 1. The second-order valence-corrected chi connectivity index (χ2v) is 6.41. The molecule has 0 radical (unpaired) electrons. The fraction of sp³-hybridized carbons (Fsp3) is 0.333. The molecule has 126 valence electrons. The lowest BCUT2D eigenvalue weighted by Gasteiger charge is -2.34. The summed E-state index contributed by atoms with van der Waals surface area (Å²) in [4.78, 5) is 21.4. The van der Waals surface area contributed by atoms with E-state index in [9.17, 15) is 4.79 Å². The first-order valence-corrected chi connectivity index (χ1v) is 8.42. The molecule has 1 aliphatic heterocycles. The summed E-state index contributed by atoms with van der Waals surface area (Å²) in [6, 6.07) is 10.9. The first-order chi connectivity index (χ1) is 11.6. The molecule has 3 rings (SSSR count). The molecule has 1 amide bonds. The van der Waals surface area contributed by atoms with Crippen molar-refractivity contribution in [2.45, 2.75) is 6.54 Å². The summed E-state index contributed by atoms with van der Waals surface area (Å²) in [7, 11) is 2.13. The number of piperazine rings is 1. The minimum atomic E-state index is -0.134. The number of carbonyl (C=O) groups is 1. The van der Waals surface area contributed by atoms with Crippen LogP contribution in [0.15, 0.2) is 42.6 Å². The van der Waals surface area contributed by atoms with Crippen LogP contribution < -0.4 is 10.2 Å². The molecule has 2 aromatic rings. The molecule has 1 saturated heterocycles. The molecule has 1 fully saturated rings. The van der Waals surface area contributed by atoms with Crippen molar-refractivity contribution in [2.75, 3.05) is 38.1 Å². The van der Waals surface area contributed by atoms with E-state index in [-0.39, 0.29) is 5.91 Å². The van der Waals surface area contributed by atoms with Crippen LogP contribution in [0, 0.1) is 0 Å². The van der Waals surface area contributed by atoms with Crippen LogP contribution in [0.3, 0.4) is 0 Å². The van der Waals surface area contributed by atoms with Gasteiger partial charge in [0.15, 0.2) is 0 Å². The van der Waals surface area contributed by atoms with E-state index in [0.29, 0.717) is 17.1 Å². The third-order valence-electron chi connectivity index (χ3n) is 4.20. The second kappa shape index (κ2) is 7.64. The number of nitrogens with one attached hydrogen (secondary N) is 1. The second-order valence-electron chi connectivity index (χ2n) is 5.97. The van der Waals surface area contributed by atoms with Crippen molar-refractivity contribution < 1.29 is 4.79 Å². The number of benzene rings is 1. The molecule has 0 unspecified atom stereocenters. The summed E-state index contributed by atoms with van der Waals surface area (Å²) in [5, 5.41) is 3.51. The first kappa shape index (κ1) is 16.7. The molecule has 0 atom stereocenters. The zero-order chi connectivity index (χ0) is 16.9. The topological polar surface area (TPSA) is 48.5 Å². The minimum Gasteiger partial charge on any atom is -0.354 e. The highest BCUT2D eigenvalue weighted by Gasteiger charge is 2.18. The number of amides is 1. The molecule has 6 heteroatoms. The Bertz CT molecular complexity index is 714. The SMILES string of the molecule is CN1CCN(c2ncccc2CNC(=O)c2cccc(Cl)c2)CC1. The average molecular weight is 345 g/mol. The van der Waals surface area contributed by atoms with Gasteiger partial charge in [0.25, 0.3) is 5.91 Å². The van der Waals surface area contributed by atoms with Gasteiger partial charge < -0.3 is 15.1 Å². The number of anilines is 1. The highest BCUT2D eigenvalue weighted by molar-refractivity contribution is 6.30. The lowest BCUT2D eigenvalue weighted by molar-refractivity contribution is 0.0951. The summed E-state index contributed by atoms with van der Waals surface area (Å²) >= 11 is 5.94. The van der Waals surface area contributed by atoms with Crippen LogP contribution in [0.25, 0.3) is 0 Å². The zero-order valence-electron chi connectivity index (χ0n) is 13.7. The van der Waals surface area contributed by atoms with Crippen LogP contribution >= 0.6 is 11.6 Å². The number of aromatic nitrogens is 1. The van der Waals surface area contributed by atoms with Crippen molar-refractivity contribution in [3.8, 4) is 0 Å². The standard InChI is InChI=1S/C18H21ClN4O/c1-22-8-10-23(11-9-22)17-15(5-3-7-20-17)13-21-18(24)14-4-2-6-16(19)12-14/h2-7,12H,8-11,13H2,1H3,(H,21,24). The molecule has 0 bridgehead atoms. The van der Waals surface area contributed by atoms with Gasteiger partial charge in [-0.25, -0.2) is 4.98 Å². The van der Waals surface area contributed by atoms with Crippen LogP contribution in [0.5, 0.6) is 0 Å². The summed E-state index contributed by atoms with van der Waals surface area (Å²) in [5.41, 5.74) is 1.59. The van der Waals surface area contributed by atoms with Crippen molar-refractivity contribution in [1.29, 1.82) is 0 Å². The van der Waals surface area contributed by atoms with Crippen molar-refractivity contribution in [3.63, 3.8) is 0 Å². The van der Waals surface area contributed by atoms with Gasteiger partial charge in [-0.15, -0.1) is 0 Å². The Hall–Kier alpha value is -2.11. The van der Waals surface area contributed by atoms with E-state index in [1.165, 1.54) is 0 Å². The Labute approximate surface area is 147 Å². The molecule has 1 aromatic heterocycles. The van der Waals surface area contributed by atoms with E-state index < -0.39 is 0 Å². The quantitative estimate of drug-likeness (QED) is 0.925. The van der Waals surface area contributed by atoms with Crippen molar-refractivity contribution in [3.05, 3.63) is 58.7 Å². The summed E-state index contributed by atoms with van der Waals surface area (Å²) in [6.07, 6.45) is 1.80. The number of carbonyl (C=O) groups excluding carboxylic acids is 1. The monoisotopic (exact) mass is 344 g/mol. The number of pyridine rings is 1. The summed E-state index contributed by atoms with van der Waals surface area (Å²) in [5.74, 6) is 0.822. The molecule has 1 aliphatic rings. The van der Waals surface area contributed by atoms with Gasteiger partial charge in [-0.1, -0.05) is 23.7 Å². The van der Waals surface area contributed by atoms with Crippen LogP contribution in [0.4, 0.5) is 5.82 Å². The lowest BCUT2D eigenvalue weighted by atomic mass is 10.2. The van der Waals surface area contributed by atoms with Gasteiger partial charge in [-0.2, -0.15) is 0 Å². The molecule has 1 N–H and O–H groups in total. The molecule has 5 nitrogen and oxygen atoms in total. The van der Waals surface area contributed by atoms with Crippen LogP contribution in [-0.2, 0) is 6.54 Å². The maximum Gasteiger partial charge on any atom is 0.251 e. The number of likely N-dealkylation sites (N-methyl/N-ethyl adjacent to an activating group) is 1. The Morgan fingerprint density at radius 2 is 2.00 bits per heavy atom. The van der Waals surface area contributed by atoms with E-state index in [4.69, 9.17) is 11.6 Å². The molecule has 0 saturated carbocycles. The Kier molecular flexibility index (Phi) is 5.33. The highest BCUT2D eigenvalue weighted by atomic mass is 35.5. The third kappa shape index (κ3) is 4.04. The van der Waals surface area contributed by atoms with Crippen molar-refractivity contribution in [1.82, 2.24) is 15.2 Å². The third-order valence-corrected chi connectivity index (χ3v) is 4.43. The molecule has 0 spiro atoms. The fourth-order valence-electron chi connectivity index (χ4n) is 2.78. The van der Waals surface area contributed by atoms with Gasteiger partial charge in [0.05, 0.1) is 0 Å². The molecular formula is C18H21ClN4O. The molecule has 1 aromatic carbocycles. The number of rotatable bonds is 4. The fourth-order valence-corrected chi connectivity index (χ4v) is 2.97. The van der Waals surface area contributed by atoms with E-state index in [1.54, 1.807) is 30.5 Å². The van der Waals surface area contributed by atoms with E-state index in [0.717, 1.165) is 37.6 Å². The first-order valence-electron chi connectivity index (χ1n) is 8.04. The maximum atomic E-state index is 12.3. The normalized spacial score (nSPS) is 15.3. The van der Waals surface area contributed by atoms with Gasteiger partial charge in [0.1, 0.15) is 5.82 Å². The van der Waals surface area contributed by atoms with Crippen LogP contribution in [-0.4, -0.2) is 49.0 Å². The zero-order valence-corrected chi connectivity index (χ0v) is 14.5. The molecule has 0 aliphatic carbocycles. The summed E-state index contributed by atoms with van der Waals surface area (Å²) < 4.78 is 0. The van der Waals surface area contributed by atoms with Gasteiger partial charge in [-0.3, -0.25) is 4.79 Å². The van der Waals surface area contributed by atoms with Crippen LogP contribution in [0.2, 0.25) is 5.02 Å². The largest absolute Gasteiger partial charge is 0.354 e. The van der Waals surface area contributed by atoms with Crippen LogP contribution in [0.1, 0.15) is 15.9 Å². The highest BCUT2D eigenvalue weighted by Crippen LogP contribution is 2.19. The number of hydrogen-bond donors (Lipinski definition) is 1. The van der Waals surface area contributed by atoms with Gasteiger partial charge in [0, 0.05) is 55.1 Å². The van der Waals surface area contributed by atoms with E-state index in [2.05, 4.69) is 27.1 Å². The number of hydrogen-bond acceptors (Lipinski definition) is 4. The van der Waals surface area contributed by atoms with Gasteiger partial charge >= 0.3 is 0 Å². The average Bonchev–Trinajstić information content (AvgIpc) is 2.61. The predicted octanol–water partition coefficient (Wildman–Crippen LogP) is 2.42. The van der Waals surface area contributed by atoms with E-state index in [1.807, 2.05) is 12.1 Å². The van der Waals surface area contributed by atoms with Gasteiger partial charge in [-0.05, 0) is 31.3 Å². The Balaban J connectivity index is 1.68. The maximum absolute atomic E-state index is 12.3. The Morgan fingerprint density at radius 1 is 1.21 bits per heavy atom. The van der Waals surface area contributed by atoms with Gasteiger partial charge in [0.2, 0.25) is 0 Å². The van der Waals surface area contributed by atoms with Crippen molar-refractivity contribution in [2.24, 2.45) is 0 Å². The molecule has 2 heterocycles. The number of nitrogens with zero attached hydrogens (tertiary/aromatic N) is 3. The van der Waals surface area contributed by atoms with E-state index >= 15 is 0 Å². The smallest absolute Gasteiger partial charge is 0.251 e. The minimum absolute atomic E-state index is 0.134. The Morgan fingerprint density at radius 3 is 2.75 bits per heavy atom. The summed E-state index contributed by atoms with van der Waals surface area (Å²) in [6.45, 7) is 4.38. The molecular weight excluding hydrogens is 324 g/mol.